The highest BCUT2D eigenvalue weighted by Crippen LogP contribution is 2.29. The first-order chi connectivity index (χ1) is 14.0. The first-order valence-corrected chi connectivity index (χ1v) is 10.7. The molecule has 0 heterocycles. The van der Waals surface area contributed by atoms with Crippen LogP contribution < -0.4 is 10.1 Å². The van der Waals surface area contributed by atoms with Crippen LogP contribution in [0.4, 0.5) is 0 Å². The minimum atomic E-state index is 0.197. The van der Waals surface area contributed by atoms with Crippen LogP contribution in [0.15, 0.2) is 78.9 Å². The molecule has 0 amide bonds. The fourth-order valence-corrected chi connectivity index (χ4v) is 3.78. The van der Waals surface area contributed by atoms with Crippen LogP contribution in [0, 0.1) is 6.92 Å². The van der Waals surface area contributed by atoms with E-state index in [0.717, 1.165) is 18.7 Å². The molecule has 2 atom stereocenters. The van der Waals surface area contributed by atoms with Crippen molar-refractivity contribution in [1.29, 1.82) is 0 Å². The molecule has 0 aliphatic heterocycles. The van der Waals surface area contributed by atoms with E-state index in [-0.39, 0.29) is 6.10 Å². The molecule has 0 aliphatic carbocycles. The van der Waals surface area contributed by atoms with Crippen LogP contribution in [0.2, 0.25) is 0 Å². The SMILES string of the molecule is Cc1ccc([C@@H](CC[NH2+][C@@H](C)c2ccccc2)c2ccc(OC(C)C)cc2)cc1. The summed E-state index contributed by atoms with van der Waals surface area (Å²) in [6.07, 6.45) is 1.30. The predicted octanol–water partition coefficient (Wildman–Crippen LogP) is 5.63. The highest BCUT2D eigenvalue weighted by Gasteiger charge is 2.17. The third-order valence-corrected chi connectivity index (χ3v) is 5.43. The Morgan fingerprint density at radius 2 is 1.31 bits per heavy atom. The number of nitrogens with two attached hydrogens (primary N) is 1. The summed E-state index contributed by atoms with van der Waals surface area (Å²) in [5, 5.41) is 2.45. The van der Waals surface area contributed by atoms with Gasteiger partial charge in [0, 0.05) is 17.9 Å². The Hall–Kier alpha value is -2.58. The van der Waals surface area contributed by atoms with Gasteiger partial charge in [-0.1, -0.05) is 72.3 Å². The molecule has 3 aromatic rings. The van der Waals surface area contributed by atoms with Gasteiger partial charge in [0.2, 0.25) is 0 Å². The van der Waals surface area contributed by atoms with E-state index < -0.39 is 0 Å². The van der Waals surface area contributed by atoms with E-state index in [9.17, 15) is 0 Å². The molecule has 2 N–H and O–H groups in total. The lowest BCUT2D eigenvalue weighted by Crippen LogP contribution is -2.84. The Kier molecular flexibility index (Phi) is 7.48. The summed E-state index contributed by atoms with van der Waals surface area (Å²) in [5.74, 6) is 1.33. The Balaban J connectivity index is 1.72. The third kappa shape index (κ3) is 6.20. The molecule has 0 aromatic heterocycles. The summed E-state index contributed by atoms with van der Waals surface area (Å²) in [4.78, 5) is 0. The topological polar surface area (TPSA) is 25.8 Å². The molecule has 0 radical (unpaired) electrons. The summed E-state index contributed by atoms with van der Waals surface area (Å²) in [6.45, 7) is 9.64. The zero-order valence-electron chi connectivity index (χ0n) is 18.1. The van der Waals surface area contributed by atoms with Gasteiger partial charge in [-0.15, -0.1) is 0 Å². The lowest BCUT2D eigenvalue weighted by Gasteiger charge is -2.20. The van der Waals surface area contributed by atoms with Crippen LogP contribution in [0.25, 0.3) is 0 Å². The molecule has 0 fully saturated rings. The number of quaternary nitrogens is 1. The molecule has 0 spiro atoms. The highest BCUT2D eigenvalue weighted by atomic mass is 16.5. The Labute approximate surface area is 175 Å². The van der Waals surface area contributed by atoms with E-state index in [1.807, 2.05) is 0 Å². The summed E-state index contributed by atoms with van der Waals surface area (Å²) in [6, 6.07) is 28.9. The van der Waals surface area contributed by atoms with Crippen molar-refractivity contribution in [2.24, 2.45) is 0 Å². The molecule has 3 rings (SSSR count). The van der Waals surface area contributed by atoms with Gasteiger partial charge in [0.1, 0.15) is 11.8 Å². The van der Waals surface area contributed by atoms with Crippen molar-refractivity contribution in [2.45, 2.75) is 52.2 Å². The first kappa shape index (κ1) is 21.1. The Morgan fingerprint density at radius 1 is 0.724 bits per heavy atom. The highest BCUT2D eigenvalue weighted by molar-refractivity contribution is 5.37. The van der Waals surface area contributed by atoms with E-state index in [0.29, 0.717) is 12.0 Å². The second-order valence-electron chi connectivity index (χ2n) is 8.21. The molecule has 0 unspecified atom stereocenters. The van der Waals surface area contributed by atoms with E-state index in [2.05, 4.69) is 112 Å². The van der Waals surface area contributed by atoms with Crippen LogP contribution in [-0.2, 0) is 0 Å². The van der Waals surface area contributed by atoms with Gasteiger partial charge in [-0.25, -0.2) is 0 Å². The summed E-state index contributed by atoms with van der Waals surface area (Å²) < 4.78 is 5.83. The molecule has 0 saturated heterocycles. The Bertz CT molecular complexity index is 853. The molecular formula is C27H34NO+. The normalized spacial score (nSPS) is 13.3. The van der Waals surface area contributed by atoms with Crippen molar-refractivity contribution in [3.8, 4) is 5.75 Å². The molecule has 0 saturated carbocycles. The fraction of sp³-hybridized carbons (Fsp3) is 0.333. The molecule has 2 heteroatoms. The van der Waals surface area contributed by atoms with Crippen LogP contribution in [0.5, 0.6) is 5.75 Å². The van der Waals surface area contributed by atoms with Crippen LogP contribution in [-0.4, -0.2) is 12.6 Å². The minimum Gasteiger partial charge on any atom is -0.491 e. The number of ether oxygens (including phenoxy) is 1. The van der Waals surface area contributed by atoms with E-state index in [1.54, 1.807) is 0 Å². The van der Waals surface area contributed by atoms with Crippen molar-refractivity contribution < 1.29 is 10.1 Å². The lowest BCUT2D eigenvalue weighted by molar-refractivity contribution is -0.693. The van der Waals surface area contributed by atoms with Crippen LogP contribution in [0.1, 0.15) is 61.4 Å². The van der Waals surface area contributed by atoms with Gasteiger partial charge in [-0.05, 0) is 51.0 Å². The van der Waals surface area contributed by atoms with Gasteiger partial charge in [0.25, 0.3) is 0 Å². The smallest absolute Gasteiger partial charge is 0.119 e. The fourth-order valence-electron chi connectivity index (χ4n) is 3.78. The van der Waals surface area contributed by atoms with E-state index >= 15 is 0 Å². The molecular weight excluding hydrogens is 354 g/mol. The maximum absolute atomic E-state index is 5.83. The predicted molar refractivity (Wildman–Crippen MR) is 121 cm³/mol. The van der Waals surface area contributed by atoms with E-state index in [1.165, 1.54) is 22.3 Å². The second kappa shape index (κ2) is 10.3. The molecule has 152 valence electrons. The van der Waals surface area contributed by atoms with Crippen molar-refractivity contribution >= 4 is 0 Å². The molecule has 0 bridgehead atoms. The quantitative estimate of drug-likeness (QED) is 0.505. The molecule has 3 aromatic carbocycles. The van der Waals surface area contributed by atoms with Crippen molar-refractivity contribution in [3.05, 3.63) is 101 Å². The van der Waals surface area contributed by atoms with E-state index in [4.69, 9.17) is 4.74 Å². The van der Waals surface area contributed by atoms with Crippen molar-refractivity contribution in [2.75, 3.05) is 6.54 Å². The summed E-state index contributed by atoms with van der Waals surface area (Å²) >= 11 is 0. The zero-order chi connectivity index (χ0) is 20.6. The van der Waals surface area contributed by atoms with Crippen molar-refractivity contribution in [3.63, 3.8) is 0 Å². The van der Waals surface area contributed by atoms with Gasteiger partial charge < -0.3 is 10.1 Å². The first-order valence-electron chi connectivity index (χ1n) is 10.7. The van der Waals surface area contributed by atoms with Gasteiger partial charge in [0.05, 0.1) is 12.6 Å². The number of rotatable bonds is 9. The van der Waals surface area contributed by atoms with Crippen LogP contribution in [0.3, 0.4) is 0 Å². The molecule has 2 nitrogen and oxygen atoms in total. The zero-order valence-corrected chi connectivity index (χ0v) is 18.1. The molecule has 0 aliphatic rings. The summed E-state index contributed by atoms with van der Waals surface area (Å²) in [5.41, 5.74) is 5.42. The maximum Gasteiger partial charge on any atom is 0.119 e. The third-order valence-electron chi connectivity index (χ3n) is 5.43. The van der Waals surface area contributed by atoms with Gasteiger partial charge in [-0.2, -0.15) is 0 Å². The minimum absolute atomic E-state index is 0.197. The number of hydrogen-bond donors (Lipinski definition) is 1. The maximum atomic E-state index is 5.83. The van der Waals surface area contributed by atoms with Crippen LogP contribution >= 0.6 is 0 Å². The molecule has 29 heavy (non-hydrogen) atoms. The number of aryl methyl sites for hydroxylation is 1. The van der Waals surface area contributed by atoms with Crippen molar-refractivity contribution in [1.82, 2.24) is 0 Å². The Morgan fingerprint density at radius 3 is 1.90 bits per heavy atom. The number of hydrogen-bond acceptors (Lipinski definition) is 1. The summed E-state index contributed by atoms with van der Waals surface area (Å²) in [7, 11) is 0. The monoisotopic (exact) mass is 388 g/mol. The van der Waals surface area contributed by atoms with Gasteiger partial charge >= 0.3 is 0 Å². The second-order valence-corrected chi connectivity index (χ2v) is 8.21. The average molecular weight is 389 g/mol. The lowest BCUT2D eigenvalue weighted by atomic mass is 9.88. The largest absolute Gasteiger partial charge is 0.491 e. The standard InChI is InChI=1S/C27H33NO/c1-20(2)29-26-16-14-25(15-17-26)27(24-12-10-21(3)11-13-24)18-19-28-22(4)23-8-6-5-7-9-23/h5-17,20,22,27-28H,18-19H2,1-4H3/p+1/t22-,27+/m0/s1. The van der Waals surface area contributed by atoms with Gasteiger partial charge in [0.15, 0.2) is 0 Å². The average Bonchev–Trinajstić information content (AvgIpc) is 2.73. The van der Waals surface area contributed by atoms with Gasteiger partial charge in [-0.3, -0.25) is 0 Å². The number of benzene rings is 3.